The summed E-state index contributed by atoms with van der Waals surface area (Å²) in [6, 6.07) is 5.64. The van der Waals surface area contributed by atoms with Crippen molar-refractivity contribution in [3.63, 3.8) is 0 Å². The van der Waals surface area contributed by atoms with Gasteiger partial charge < -0.3 is 5.73 Å². The van der Waals surface area contributed by atoms with Crippen molar-refractivity contribution < 1.29 is 9.72 Å². The molecule has 0 saturated heterocycles. The van der Waals surface area contributed by atoms with Crippen molar-refractivity contribution in [1.29, 1.82) is 0 Å². The normalized spacial score (nSPS) is 14.0. The number of nitrogens with two attached hydrogens (primary N) is 1. The summed E-state index contributed by atoms with van der Waals surface area (Å²) in [4.78, 5) is 20.9. The Hall–Kier alpha value is -1.95. The maximum Gasteiger partial charge on any atom is 0.269 e. The van der Waals surface area contributed by atoms with Gasteiger partial charge in [-0.2, -0.15) is 0 Å². The number of amides is 1. The molecular formula is C11H15N3O3. The van der Waals surface area contributed by atoms with Crippen LogP contribution in [0.4, 0.5) is 5.69 Å². The number of hydrogen-bond donors (Lipinski definition) is 2. The van der Waals surface area contributed by atoms with Gasteiger partial charge in [-0.3, -0.25) is 20.2 Å². The molecule has 92 valence electrons. The second-order valence-electron chi connectivity index (χ2n) is 3.86. The van der Waals surface area contributed by atoms with Gasteiger partial charge in [-0.25, -0.2) is 0 Å². The molecule has 1 rings (SSSR count). The minimum absolute atomic E-state index is 0.0453. The van der Waals surface area contributed by atoms with Gasteiger partial charge in [0.15, 0.2) is 0 Å². The molecule has 0 aliphatic rings. The zero-order chi connectivity index (χ0) is 13.0. The number of benzene rings is 1. The van der Waals surface area contributed by atoms with E-state index in [0.717, 1.165) is 5.56 Å². The van der Waals surface area contributed by atoms with Crippen molar-refractivity contribution in [3.8, 4) is 0 Å². The molecule has 0 bridgehead atoms. The number of primary amides is 1. The van der Waals surface area contributed by atoms with Crippen LogP contribution in [0.3, 0.4) is 0 Å². The quantitative estimate of drug-likeness (QED) is 0.592. The molecule has 2 unspecified atom stereocenters. The Morgan fingerprint density at radius 3 is 2.29 bits per heavy atom. The Bertz CT molecular complexity index is 416. The first kappa shape index (κ1) is 13.1. The average Bonchev–Trinajstić information content (AvgIpc) is 2.28. The monoisotopic (exact) mass is 237 g/mol. The number of rotatable bonds is 5. The molecule has 0 saturated carbocycles. The SMILES string of the molecule is CC(NC(C)c1ccc([N+](=O)[O-])cc1)C(N)=O. The van der Waals surface area contributed by atoms with Crippen molar-refractivity contribution in [2.45, 2.75) is 25.9 Å². The Morgan fingerprint density at radius 2 is 1.88 bits per heavy atom. The number of carbonyl (C=O) groups is 1. The standard InChI is InChI=1S/C11H15N3O3/c1-7(13-8(2)11(12)15)9-3-5-10(6-4-9)14(16)17/h3-8,13H,1-2H3,(H2,12,15). The second-order valence-corrected chi connectivity index (χ2v) is 3.86. The topological polar surface area (TPSA) is 98.3 Å². The number of carbonyl (C=O) groups excluding carboxylic acids is 1. The van der Waals surface area contributed by atoms with Crippen LogP contribution in [0.25, 0.3) is 0 Å². The molecule has 0 fully saturated rings. The molecule has 0 heterocycles. The van der Waals surface area contributed by atoms with Crippen LogP contribution in [0.1, 0.15) is 25.5 Å². The maximum absolute atomic E-state index is 10.9. The van der Waals surface area contributed by atoms with Crippen LogP contribution in [0.5, 0.6) is 0 Å². The van der Waals surface area contributed by atoms with Gasteiger partial charge in [0, 0.05) is 18.2 Å². The van der Waals surface area contributed by atoms with E-state index in [1.54, 1.807) is 19.1 Å². The molecule has 0 spiro atoms. The van der Waals surface area contributed by atoms with Crippen LogP contribution in [0.2, 0.25) is 0 Å². The van der Waals surface area contributed by atoms with E-state index in [-0.39, 0.29) is 11.7 Å². The van der Waals surface area contributed by atoms with Gasteiger partial charge in [-0.15, -0.1) is 0 Å². The summed E-state index contributed by atoms with van der Waals surface area (Å²) in [5.41, 5.74) is 6.05. The first-order chi connectivity index (χ1) is 7.91. The van der Waals surface area contributed by atoms with Crippen LogP contribution in [-0.4, -0.2) is 16.9 Å². The molecule has 6 heteroatoms. The molecule has 3 N–H and O–H groups in total. The molecule has 17 heavy (non-hydrogen) atoms. The molecule has 0 radical (unpaired) electrons. The van der Waals surface area contributed by atoms with Gasteiger partial charge in [0.1, 0.15) is 0 Å². The number of nitrogens with zero attached hydrogens (tertiary/aromatic N) is 1. The van der Waals surface area contributed by atoms with Gasteiger partial charge in [0.05, 0.1) is 11.0 Å². The maximum atomic E-state index is 10.9. The number of non-ortho nitro benzene ring substituents is 1. The van der Waals surface area contributed by atoms with Crippen LogP contribution in [0, 0.1) is 10.1 Å². The summed E-state index contributed by atoms with van der Waals surface area (Å²) in [5, 5.41) is 13.5. The summed E-state index contributed by atoms with van der Waals surface area (Å²) in [7, 11) is 0. The van der Waals surface area contributed by atoms with Gasteiger partial charge in [-0.1, -0.05) is 12.1 Å². The van der Waals surface area contributed by atoms with Crippen molar-refractivity contribution >= 4 is 11.6 Å². The largest absolute Gasteiger partial charge is 0.368 e. The number of nitro benzene ring substituents is 1. The Labute approximate surface area is 99.0 Å². The Morgan fingerprint density at radius 1 is 1.35 bits per heavy atom. The third-order valence-corrected chi connectivity index (χ3v) is 2.53. The Kier molecular flexibility index (Phi) is 4.17. The van der Waals surface area contributed by atoms with Crippen molar-refractivity contribution in [3.05, 3.63) is 39.9 Å². The summed E-state index contributed by atoms with van der Waals surface area (Å²) < 4.78 is 0. The lowest BCUT2D eigenvalue weighted by Gasteiger charge is -2.17. The average molecular weight is 237 g/mol. The molecular weight excluding hydrogens is 222 g/mol. The summed E-state index contributed by atoms with van der Waals surface area (Å²) in [6.07, 6.45) is 0. The zero-order valence-corrected chi connectivity index (χ0v) is 9.71. The van der Waals surface area contributed by atoms with Crippen LogP contribution in [-0.2, 0) is 4.79 Å². The third-order valence-electron chi connectivity index (χ3n) is 2.53. The zero-order valence-electron chi connectivity index (χ0n) is 9.71. The van der Waals surface area contributed by atoms with Gasteiger partial charge in [0.25, 0.3) is 5.69 Å². The molecule has 0 aliphatic carbocycles. The highest BCUT2D eigenvalue weighted by Gasteiger charge is 2.14. The number of nitro groups is 1. The van der Waals surface area contributed by atoms with Crippen molar-refractivity contribution in [1.82, 2.24) is 5.32 Å². The number of nitrogens with one attached hydrogen (secondary N) is 1. The Balaban J connectivity index is 2.73. The predicted octanol–water partition coefficient (Wildman–Crippen LogP) is 1.12. The molecule has 1 aromatic carbocycles. The first-order valence-electron chi connectivity index (χ1n) is 5.21. The number of hydrogen-bond acceptors (Lipinski definition) is 4. The van der Waals surface area contributed by atoms with E-state index in [1.165, 1.54) is 12.1 Å². The van der Waals surface area contributed by atoms with Crippen molar-refractivity contribution in [2.24, 2.45) is 5.73 Å². The molecule has 2 atom stereocenters. The highest BCUT2D eigenvalue weighted by Crippen LogP contribution is 2.17. The molecule has 1 amide bonds. The lowest BCUT2D eigenvalue weighted by Crippen LogP contribution is -2.39. The highest BCUT2D eigenvalue weighted by molar-refractivity contribution is 5.79. The molecule has 1 aromatic rings. The first-order valence-corrected chi connectivity index (χ1v) is 5.21. The smallest absolute Gasteiger partial charge is 0.269 e. The highest BCUT2D eigenvalue weighted by atomic mass is 16.6. The predicted molar refractivity (Wildman–Crippen MR) is 63.3 cm³/mol. The van der Waals surface area contributed by atoms with Gasteiger partial charge >= 0.3 is 0 Å². The summed E-state index contributed by atoms with van der Waals surface area (Å²) >= 11 is 0. The fourth-order valence-electron chi connectivity index (χ4n) is 1.44. The fourth-order valence-corrected chi connectivity index (χ4v) is 1.44. The van der Waals surface area contributed by atoms with Crippen LogP contribution in [0.15, 0.2) is 24.3 Å². The molecule has 0 aliphatic heterocycles. The van der Waals surface area contributed by atoms with Gasteiger partial charge in [0.2, 0.25) is 5.91 Å². The van der Waals surface area contributed by atoms with Crippen molar-refractivity contribution in [2.75, 3.05) is 0 Å². The lowest BCUT2D eigenvalue weighted by atomic mass is 10.1. The van der Waals surface area contributed by atoms with Crippen LogP contribution >= 0.6 is 0 Å². The summed E-state index contributed by atoms with van der Waals surface area (Å²) in [6.45, 7) is 3.53. The van der Waals surface area contributed by atoms with E-state index in [4.69, 9.17) is 5.73 Å². The minimum Gasteiger partial charge on any atom is -0.368 e. The fraction of sp³-hybridized carbons (Fsp3) is 0.364. The van der Waals surface area contributed by atoms with E-state index in [1.807, 2.05) is 6.92 Å². The van der Waals surface area contributed by atoms with E-state index in [0.29, 0.717) is 0 Å². The van der Waals surface area contributed by atoms with Gasteiger partial charge in [-0.05, 0) is 19.4 Å². The lowest BCUT2D eigenvalue weighted by molar-refractivity contribution is -0.384. The second kappa shape index (κ2) is 5.40. The third kappa shape index (κ3) is 3.53. The molecule has 0 aromatic heterocycles. The minimum atomic E-state index is -0.450. The van der Waals surface area contributed by atoms with E-state index in [2.05, 4.69) is 5.32 Å². The summed E-state index contributed by atoms with van der Waals surface area (Å²) in [5.74, 6) is -0.432. The van der Waals surface area contributed by atoms with E-state index in [9.17, 15) is 14.9 Å². The molecule has 6 nitrogen and oxygen atoms in total. The van der Waals surface area contributed by atoms with E-state index < -0.39 is 16.9 Å². The van der Waals surface area contributed by atoms with E-state index >= 15 is 0 Å². The van der Waals surface area contributed by atoms with Crippen LogP contribution < -0.4 is 11.1 Å².